The van der Waals surface area contributed by atoms with E-state index < -0.39 is 0 Å². The molecule has 3 aromatic rings. The first-order valence-corrected chi connectivity index (χ1v) is 8.78. The molecule has 1 aliphatic rings. The molecule has 0 radical (unpaired) electrons. The minimum absolute atomic E-state index is 0.0650. The van der Waals surface area contributed by atoms with Gasteiger partial charge in [-0.1, -0.05) is 35.9 Å². The van der Waals surface area contributed by atoms with Crippen LogP contribution in [-0.4, -0.2) is 58.0 Å². The zero-order chi connectivity index (χ0) is 18.1. The Bertz CT molecular complexity index is 976. The Morgan fingerprint density at radius 3 is 2.35 bits per heavy atom. The molecule has 2 heterocycles. The first-order chi connectivity index (χ1) is 12.6. The topological polar surface area (TPSA) is 69.3 Å². The van der Waals surface area contributed by atoms with Crippen molar-refractivity contribution in [3.8, 4) is 0 Å². The third kappa shape index (κ3) is 3.04. The van der Waals surface area contributed by atoms with Gasteiger partial charge in [-0.25, -0.2) is 0 Å². The van der Waals surface area contributed by atoms with Crippen LogP contribution < -0.4 is 0 Å². The second kappa shape index (κ2) is 6.80. The third-order valence-corrected chi connectivity index (χ3v) is 4.83. The van der Waals surface area contributed by atoms with Crippen LogP contribution in [0.15, 0.2) is 48.5 Å². The zero-order valence-corrected chi connectivity index (χ0v) is 14.7. The van der Waals surface area contributed by atoms with Gasteiger partial charge in [-0.2, -0.15) is 5.10 Å². The lowest BCUT2D eigenvalue weighted by molar-refractivity contribution is 0.0533. The lowest BCUT2D eigenvalue weighted by Gasteiger charge is -2.34. The van der Waals surface area contributed by atoms with Crippen molar-refractivity contribution in [2.45, 2.75) is 0 Å². The summed E-state index contributed by atoms with van der Waals surface area (Å²) in [6.07, 6.45) is 0. The standard InChI is InChI=1S/C19H17ClN4O2/c20-14-5-3-4-13(12-14)18(25)23-8-10-24(11-9-23)19(26)17-15-6-1-2-7-16(15)21-22-17/h1-7,12H,8-11H2,(H,21,22). The number of aromatic nitrogens is 2. The van der Waals surface area contributed by atoms with E-state index in [0.717, 1.165) is 10.9 Å². The Labute approximate surface area is 155 Å². The maximum atomic E-state index is 12.8. The van der Waals surface area contributed by atoms with Gasteiger partial charge in [-0.15, -0.1) is 0 Å². The van der Waals surface area contributed by atoms with Gasteiger partial charge in [-0.05, 0) is 24.3 Å². The number of para-hydroxylation sites is 1. The van der Waals surface area contributed by atoms with Crippen LogP contribution in [0.4, 0.5) is 0 Å². The monoisotopic (exact) mass is 368 g/mol. The molecule has 0 saturated carbocycles. The number of nitrogens with one attached hydrogen (secondary N) is 1. The number of piperazine rings is 1. The van der Waals surface area contributed by atoms with Gasteiger partial charge in [0.05, 0.1) is 5.52 Å². The van der Waals surface area contributed by atoms with Gasteiger partial charge < -0.3 is 9.80 Å². The number of H-pyrrole nitrogens is 1. The lowest BCUT2D eigenvalue weighted by atomic mass is 10.1. The SMILES string of the molecule is O=C(c1cccc(Cl)c1)N1CCN(C(=O)c2n[nH]c3ccccc23)CC1. The second-order valence-corrected chi connectivity index (χ2v) is 6.65. The Balaban J connectivity index is 1.45. The van der Waals surface area contributed by atoms with E-state index in [1.54, 1.807) is 34.1 Å². The average molecular weight is 369 g/mol. The van der Waals surface area contributed by atoms with Crippen LogP contribution in [-0.2, 0) is 0 Å². The fourth-order valence-electron chi connectivity index (χ4n) is 3.19. The van der Waals surface area contributed by atoms with Gasteiger partial charge in [0.2, 0.25) is 0 Å². The van der Waals surface area contributed by atoms with Crippen molar-refractivity contribution in [1.29, 1.82) is 0 Å². The van der Waals surface area contributed by atoms with Crippen LogP contribution >= 0.6 is 11.6 Å². The number of hydrogen-bond donors (Lipinski definition) is 1. The molecule has 2 aromatic carbocycles. The van der Waals surface area contributed by atoms with Gasteiger partial charge in [0, 0.05) is 42.2 Å². The van der Waals surface area contributed by atoms with Crippen LogP contribution in [0.5, 0.6) is 0 Å². The highest BCUT2D eigenvalue weighted by Gasteiger charge is 2.27. The summed E-state index contributed by atoms with van der Waals surface area (Å²) in [5.41, 5.74) is 1.83. The molecule has 1 aromatic heterocycles. The van der Waals surface area contributed by atoms with Gasteiger partial charge in [0.1, 0.15) is 0 Å². The summed E-state index contributed by atoms with van der Waals surface area (Å²) in [5.74, 6) is -0.179. The number of halogens is 1. The van der Waals surface area contributed by atoms with E-state index in [2.05, 4.69) is 10.2 Å². The molecule has 1 fully saturated rings. The molecule has 0 unspecified atom stereocenters. The molecule has 7 heteroatoms. The first-order valence-electron chi connectivity index (χ1n) is 8.41. The molecule has 0 aliphatic carbocycles. The van der Waals surface area contributed by atoms with E-state index in [-0.39, 0.29) is 11.8 Å². The number of amides is 2. The Hall–Kier alpha value is -2.86. The number of carbonyl (C=O) groups is 2. The van der Waals surface area contributed by atoms with Gasteiger partial charge in [0.25, 0.3) is 11.8 Å². The summed E-state index contributed by atoms with van der Waals surface area (Å²) in [6.45, 7) is 1.93. The van der Waals surface area contributed by atoms with Crippen molar-refractivity contribution in [3.05, 3.63) is 64.8 Å². The van der Waals surface area contributed by atoms with Crippen molar-refractivity contribution in [2.75, 3.05) is 26.2 Å². The van der Waals surface area contributed by atoms with Crippen molar-refractivity contribution in [1.82, 2.24) is 20.0 Å². The van der Waals surface area contributed by atoms with Crippen molar-refractivity contribution in [3.63, 3.8) is 0 Å². The highest BCUT2D eigenvalue weighted by atomic mass is 35.5. The van der Waals surface area contributed by atoms with Crippen LogP contribution in [0.25, 0.3) is 10.9 Å². The third-order valence-electron chi connectivity index (χ3n) is 4.60. The molecule has 1 aliphatic heterocycles. The zero-order valence-electron chi connectivity index (χ0n) is 14.0. The highest BCUT2D eigenvalue weighted by Crippen LogP contribution is 2.19. The largest absolute Gasteiger partial charge is 0.335 e. The average Bonchev–Trinajstić information content (AvgIpc) is 3.11. The summed E-state index contributed by atoms with van der Waals surface area (Å²) >= 11 is 5.96. The normalized spacial score (nSPS) is 14.7. The number of benzene rings is 2. The van der Waals surface area contributed by atoms with E-state index in [4.69, 9.17) is 11.6 Å². The molecule has 6 nitrogen and oxygen atoms in total. The number of rotatable bonds is 2. The first kappa shape index (κ1) is 16.6. The van der Waals surface area contributed by atoms with Crippen molar-refractivity contribution < 1.29 is 9.59 Å². The molecule has 1 saturated heterocycles. The molecule has 0 atom stereocenters. The number of carbonyl (C=O) groups excluding carboxylic acids is 2. The summed E-state index contributed by atoms with van der Waals surface area (Å²) in [4.78, 5) is 28.9. The number of aromatic amines is 1. The van der Waals surface area contributed by atoms with Crippen molar-refractivity contribution in [2.24, 2.45) is 0 Å². The number of hydrogen-bond acceptors (Lipinski definition) is 3. The molecular formula is C19H17ClN4O2. The molecular weight excluding hydrogens is 352 g/mol. The predicted molar refractivity (Wildman–Crippen MR) is 99.4 cm³/mol. The molecule has 0 bridgehead atoms. The number of nitrogens with zero attached hydrogens (tertiary/aromatic N) is 3. The molecule has 0 spiro atoms. The molecule has 26 heavy (non-hydrogen) atoms. The predicted octanol–water partition coefficient (Wildman–Crippen LogP) is 2.81. The Morgan fingerprint density at radius 1 is 0.923 bits per heavy atom. The summed E-state index contributed by atoms with van der Waals surface area (Å²) in [6, 6.07) is 14.5. The summed E-state index contributed by atoms with van der Waals surface area (Å²) in [5, 5.41) is 8.41. The van der Waals surface area contributed by atoms with Gasteiger partial charge in [-0.3, -0.25) is 14.7 Å². The maximum Gasteiger partial charge on any atom is 0.275 e. The summed E-state index contributed by atoms with van der Waals surface area (Å²) in [7, 11) is 0. The van der Waals surface area contributed by atoms with E-state index in [0.29, 0.717) is 42.5 Å². The smallest absolute Gasteiger partial charge is 0.275 e. The lowest BCUT2D eigenvalue weighted by Crippen LogP contribution is -2.50. The Morgan fingerprint density at radius 2 is 1.62 bits per heavy atom. The molecule has 1 N–H and O–H groups in total. The molecule has 2 amide bonds. The van der Waals surface area contributed by atoms with Gasteiger partial charge in [0.15, 0.2) is 5.69 Å². The molecule has 4 rings (SSSR count). The minimum atomic E-state index is -0.114. The highest BCUT2D eigenvalue weighted by molar-refractivity contribution is 6.30. The van der Waals surface area contributed by atoms with Crippen LogP contribution in [0.1, 0.15) is 20.8 Å². The summed E-state index contributed by atoms with van der Waals surface area (Å²) < 4.78 is 0. The maximum absolute atomic E-state index is 12.8. The van der Waals surface area contributed by atoms with E-state index in [1.165, 1.54) is 0 Å². The fourth-order valence-corrected chi connectivity index (χ4v) is 3.38. The second-order valence-electron chi connectivity index (χ2n) is 6.21. The minimum Gasteiger partial charge on any atom is -0.335 e. The van der Waals surface area contributed by atoms with Crippen LogP contribution in [0.2, 0.25) is 5.02 Å². The fraction of sp³-hybridized carbons (Fsp3) is 0.211. The van der Waals surface area contributed by atoms with E-state index >= 15 is 0 Å². The van der Waals surface area contributed by atoms with E-state index in [1.807, 2.05) is 24.3 Å². The van der Waals surface area contributed by atoms with Gasteiger partial charge >= 0.3 is 0 Å². The number of fused-ring (bicyclic) bond motifs is 1. The van der Waals surface area contributed by atoms with Crippen LogP contribution in [0.3, 0.4) is 0 Å². The van der Waals surface area contributed by atoms with Crippen molar-refractivity contribution >= 4 is 34.3 Å². The molecule has 132 valence electrons. The van der Waals surface area contributed by atoms with Crippen LogP contribution in [0, 0.1) is 0 Å². The quantitative estimate of drug-likeness (QED) is 0.756. The van der Waals surface area contributed by atoms with E-state index in [9.17, 15) is 9.59 Å². The Kier molecular flexibility index (Phi) is 4.34.